The topological polar surface area (TPSA) is 29.5 Å². The molecule has 0 rings (SSSR count). The highest BCUT2D eigenvalue weighted by Gasteiger charge is 2.85. The number of halogens is 13. The Morgan fingerprint density at radius 2 is 1.21 bits per heavy atom. The predicted molar refractivity (Wildman–Crippen MR) is 75.6 cm³/mol. The molecular formula is C13H17F13O2Si. The minimum Gasteiger partial charge on any atom is -0.432 e. The van der Waals surface area contributed by atoms with Gasteiger partial charge in [0.2, 0.25) is 6.17 Å². The number of hydrogen-bond acceptors (Lipinski definition) is 2. The van der Waals surface area contributed by atoms with Crippen LogP contribution in [-0.4, -0.2) is 68.5 Å². The van der Waals surface area contributed by atoms with E-state index in [4.69, 9.17) is 0 Å². The summed E-state index contributed by atoms with van der Waals surface area (Å²) in [6.45, 7) is 1.57. The molecule has 3 unspecified atom stereocenters. The fraction of sp³-hybridized carbons (Fsp3) is 1.00. The Balaban J connectivity index is 5.56. The van der Waals surface area contributed by atoms with Crippen LogP contribution in [0.1, 0.15) is 6.42 Å². The fourth-order valence-corrected chi connectivity index (χ4v) is 2.87. The van der Waals surface area contributed by atoms with E-state index in [1.165, 1.54) is 13.1 Å². The summed E-state index contributed by atoms with van der Waals surface area (Å²) in [5.41, 5.74) is 0. The van der Waals surface area contributed by atoms with Gasteiger partial charge in [0.1, 0.15) is 0 Å². The Kier molecular flexibility index (Phi) is 8.91. The quantitative estimate of drug-likeness (QED) is 0.231. The summed E-state index contributed by atoms with van der Waals surface area (Å²) in [5.74, 6) is -28.6. The van der Waals surface area contributed by atoms with Gasteiger partial charge in [0.15, 0.2) is 14.5 Å². The van der Waals surface area contributed by atoms with E-state index in [0.29, 0.717) is 0 Å². The second-order valence-electron chi connectivity index (χ2n) is 6.68. The molecule has 29 heavy (non-hydrogen) atoms. The summed E-state index contributed by atoms with van der Waals surface area (Å²) in [7, 11) is -2.80. The lowest BCUT2D eigenvalue weighted by Gasteiger charge is -2.38. The summed E-state index contributed by atoms with van der Waals surface area (Å²) in [5, 5.41) is 0. The van der Waals surface area contributed by atoms with Gasteiger partial charge in [-0.3, -0.25) is 0 Å². The van der Waals surface area contributed by atoms with E-state index >= 15 is 0 Å². The van der Waals surface area contributed by atoms with E-state index in [0.717, 1.165) is 0 Å². The summed E-state index contributed by atoms with van der Waals surface area (Å²) in [4.78, 5) is 9.42. The van der Waals surface area contributed by atoms with Crippen molar-refractivity contribution in [1.82, 2.24) is 0 Å². The molecule has 0 aliphatic heterocycles. The van der Waals surface area contributed by atoms with Crippen molar-refractivity contribution in [2.75, 3.05) is 6.61 Å². The van der Waals surface area contributed by atoms with Crippen molar-refractivity contribution in [2.45, 2.75) is 74.4 Å². The van der Waals surface area contributed by atoms with Gasteiger partial charge in [0, 0.05) is 0 Å². The van der Waals surface area contributed by atoms with Crippen molar-refractivity contribution in [3.63, 3.8) is 0 Å². The molecule has 0 aromatic heterocycles. The SMILES string of the molecule is C[Si](C)(O)CCCOC(F)C(F)(F)C(F)(F)C(F)(F)C(F)(F)C(F)C(F)C(F)F. The second kappa shape index (κ2) is 9.16. The zero-order valence-electron chi connectivity index (χ0n) is 14.7. The molecule has 0 heterocycles. The highest BCUT2D eigenvalue weighted by atomic mass is 28.4. The first kappa shape index (κ1) is 28.2. The van der Waals surface area contributed by atoms with Crippen LogP contribution in [0.4, 0.5) is 57.1 Å². The molecule has 0 fully saturated rings. The van der Waals surface area contributed by atoms with Crippen LogP contribution in [0.5, 0.6) is 0 Å². The van der Waals surface area contributed by atoms with E-state index in [1.807, 2.05) is 0 Å². The van der Waals surface area contributed by atoms with Crippen LogP contribution >= 0.6 is 0 Å². The number of rotatable bonds is 12. The van der Waals surface area contributed by atoms with Crippen molar-refractivity contribution in [3.05, 3.63) is 0 Å². The van der Waals surface area contributed by atoms with Crippen LogP contribution in [-0.2, 0) is 4.74 Å². The smallest absolute Gasteiger partial charge is 0.383 e. The molecular weight excluding hydrogens is 463 g/mol. The number of alkyl halides is 13. The highest BCUT2D eigenvalue weighted by molar-refractivity contribution is 6.69. The molecule has 176 valence electrons. The van der Waals surface area contributed by atoms with Crippen molar-refractivity contribution >= 4 is 8.32 Å². The molecule has 1 N–H and O–H groups in total. The van der Waals surface area contributed by atoms with Crippen molar-refractivity contribution < 1.29 is 66.6 Å². The van der Waals surface area contributed by atoms with Crippen LogP contribution in [0, 0.1) is 0 Å². The van der Waals surface area contributed by atoms with Gasteiger partial charge in [-0.25, -0.2) is 22.0 Å². The van der Waals surface area contributed by atoms with E-state index in [9.17, 15) is 61.9 Å². The fourth-order valence-electron chi connectivity index (χ4n) is 1.86. The third kappa shape index (κ3) is 5.89. The van der Waals surface area contributed by atoms with Gasteiger partial charge in [-0.15, -0.1) is 0 Å². The largest absolute Gasteiger partial charge is 0.432 e. The van der Waals surface area contributed by atoms with Crippen LogP contribution in [0.2, 0.25) is 19.1 Å². The normalized spacial score (nSPS) is 18.1. The highest BCUT2D eigenvalue weighted by Crippen LogP contribution is 2.56. The Morgan fingerprint density at radius 1 is 0.793 bits per heavy atom. The second-order valence-corrected chi connectivity index (χ2v) is 10.8. The van der Waals surface area contributed by atoms with Gasteiger partial charge < -0.3 is 9.53 Å². The molecule has 0 aromatic carbocycles. The zero-order chi connectivity index (χ0) is 23.6. The molecule has 0 saturated carbocycles. The maximum atomic E-state index is 13.4. The summed E-state index contributed by atoms with van der Waals surface area (Å²) >= 11 is 0. The molecule has 0 saturated heterocycles. The maximum Gasteiger partial charge on any atom is 0.383 e. The van der Waals surface area contributed by atoms with Crippen LogP contribution < -0.4 is 0 Å². The first-order valence-corrected chi connectivity index (χ1v) is 10.9. The van der Waals surface area contributed by atoms with Crippen molar-refractivity contribution in [1.29, 1.82) is 0 Å². The number of ether oxygens (including phenoxy) is 1. The molecule has 16 heteroatoms. The summed E-state index contributed by atoms with van der Waals surface area (Å²) in [6.07, 6.45) is -19.7. The lowest BCUT2D eigenvalue weighted by Crippen LogP contribution is -2.68. The molecule has 0 radical (unpaired) electrons. The maximum absolute atomic E-state index is 13.4. The van der Waals surface area contributed by atoms with Gasteiger partial charge in [0.05, 0.1) is 6.61 Å². The minimum atomic E-state index is -7.49. The van der Waals surface area contributed by atoms with E-state index in [-0.39, 0.29) is 6.04 Å². The zero-order valence-corrected chi connectivity index (χ0v) is 15.7. The Labute approximate surface area is 157 Å². The lowest BCUT2D eigenvalue weighted by molar-refractivity contribution is -0.402. The average molecular weight is 480 g/mol. The van der Waals surface area contributed by atoms with E-state index in [2.05, 4.69) is 4.74 Å². The summed E-state index contributed by atoms with van der Waals surface area (Å²) < 4.78 is 173. The monoisotopic (exact) mass is 480 g/mol. The average Bonchev–Trinajstić information content (AvgIpc) is 2.55. The molecule has 0 aliphatic carbocycles. The number of hydrogen-bond donors (Lipinski definition) is 1. The van der Waals surface area contributed by atoms with Crippen molar-refractivity contribution in [2.24, 2.45) is 0 Å². The molecule has 0 spiro atoms. The van der Waals surface area contributed by atoms with Crippen LogP contribution in [0.25, 0.3) is 0 Å². The van der Waals surface area contributed by atoms with E-state index < -0.39 is 70.2 Å². The van der Waals surface area contributed by atoms with Gasteiger partial charge in [-0.05, 0) is 25.6 Å². The van der Waals surface area contributed by atoms with Crippen LogP contribution in [0.15, 0.2) is 0 Å². The molecule has 2 nitrogen and oxygen atoms in total. The van der Waals surface area contributed by atoms with Gasteiger partial charge in [-0.1, -0.05) is 0 Å². The van der Waals surface area contributed by atoms with Gasteiger partial charge in [-0.2, -0.15) is 35.1 Å². The Bertz CT molecular complexity index is 523. The lowest BCUT2D eigenvalue weighted by atomic mass is 9.93. The van der Waals surface area contributed by atoms with Gasteiger partial charge in [0.25, 0.3) is 12.8 Å². The van der Waals surface area contributed by atoms with Gasteiger partial charge >= 0.3 is 23.7 Å². The molecule has 0 aromatic rings. The first-order chi connectivity index (χ1) is 12.6. The molecule has 0 amide bonds. The summed E-state index contributed by atoms with van der Waals surface area (Å²) in [6, 6.07) is -0.120. The Hall–Kier alpha value is -0.773. The molecule has 3 atom stereocenters. The van der Waals surface area contributed by atoms with Crippen LogP contribution in [0.3, 0.4) is 0 Å². The first-order valence-electron chi connectivity index (χ1n) is 7.70. The van der Waals surface area contributed by atoms with E-state index in [1.54, 1.807) is 0 Å². The Morgan fingerprint density at radius 3 is 1.59 bits per heavy atom. The standard InChI is InChI=1S/C13H17F13O2Si/c1-29(2,27)5-3-4-28-9(18)11(21,22)13(25,26)12(23,24)10(19,20)7(15)6(14)8(16)17/h6-9,27H,3-5H2,1-2H3. The predicted octanol–water partition coefficient (Wildman–Crippen LogP) is 5.37. The minimum absolute atomic E-state index is 0.120. The molecule has 0 aliphatic rings. The third-order valence-corrected chi connectivity index (χ3v) is 5.16. The third-order valence-electron chi connectivity index (χ3n) is 3.58. The molecule has 0 bridgehead atoms. The van der Waals surface area contributed by atoms with Crippen molar-refractivity contribution in [3.8, 4) is 0 Å².